The van der Waals surface area contributed by atoms with Crippen LogP contribution in [0.15, 0.2) is 54.6 Å². The van der Waals surface area contributed by atoms with E-state index in [-0.39, 0.29) is 0 Å². The van der Waals surface area contributed by atoms with Crippen LogP contribution in [0, 0.1) is 0 Å². The average Bonchev–Trinajstić information content (AvgIpc) is 2.48. The maximum atomic E-state index is 4.64. The minimum atomic E-state index is 0.759. The molecule has 0 atom stereocenters. The summed E-state index contributed by atoms with van der Waals surface area (Å²) >= 11 is 0. The number of hydrogen-bond donors (Lipinski definition) is 1. The van der Waals surface area contributed by atoms with Crippen LogP contribution in [0.5, 0.6) is 0 Å². The van der Waals surface area contributed by atoms with Crippen LogP contribution >= 0.6 is 0 Å². The van der Waals surface area contributed by atoms with E-state index in [1.54, 1.807) is 0 Å². The number of benzene rings is 2. The van der Waals surface area contributed by atoms with Gasteiger partial charge in [-0.1, -0.05) is 42.5 Å². The molecule has 1 N–H and O–H groups in total. The predicted molar refractivity (Wildman–Crippen MR) is 79.1 cm³/mol. The Morgan fingerprint density at radius 1 is 0.895 bits per heavy atom. The standard InChI is InChI=1S/C16H15N3/c1-2-17-16-13-10-6-7-11-14(13)18-15(19-16)12-8-4-3-5-9-12/h3-11H,2H2,1H3,(H,17,18,19). The Balaban J connectivity index is 2.22. The van der Waals surface area contributed by atoms with Crippen molar-refractivity contribution in [3.8, 4) is 11.4 Å². The zero-order chi connectivity index (χ0) is 13.1. The lowest BCUT2D eigenvalue weighted by Crippen LogP contribution is -2.02. The number of anilines is 1. The van der Waals surface area contributed by atoms with Crippen molar-refractivity contribution in [3.63, 3.8) is 0 Å². The molecule has 3 aromatic rings. The van der Waals surface area contributed by atoms with Crippen LogP contribution in [-0.4, -0.2) is 16.5 Å². The molecule has 3 nitrogen and oxygen atoms in total. The molecule has 3 heteroatoms. The normalized spacial score (nSPS) is 10.6. The van der Waals surface area contributed by atoms with Crippen molar-refractivity contribution in [1.82, 2.24) is 9.97 Å². The number of para-hydroxylation sites is 1. The lowest BCUT2D eigenvalue weighted by atomic mass is 10.2. The molecule has 0 aliphatic rings. The van der Waals surface area contributed by atoms with Gasteiger partial charge in [0.15, 0.2) is 5.82 Å². The molecule has 94 valence electrons. The van der Waals surface area contributed by atoms with Gasteiger partial charge in [0.05, 0.1) is 5.52 Å². The van der Waals surface area contributed by atoms with Gasteiger partial charge in [0.25, 0.3) is 0 Å². The summed E-state index contributed by atoms with van der Waals surface area (Å²) in [5.41, 5.74) is 2.00. The molecular formula is C16H15N3. The minimum absolute atomic E-state index is 0.759. The summed E-state index contributed by atoms with van der Waals surface area (Å²) in [6.45, 7) is 2.91. The fourth-order valence-corrected chi connectivity index (χ4v) is 2.10. The second-order valence-electron chi connectivity index (χ2n) is 4.31. The summed E-state index contributed by atoms with van der Waals surface area (Å²) in [6.07, 6.45) is 0. The van der Waals surface area contributed by atoms with Crippen LogP contribution in [0.1, 0.15) is 6.92 Å². The lowest BCUT2D eigenvalue weighted by molar-refractivity contribution is 1.14. The molecule has 0 spiro atoms. The van der Waals surface area contributed by atoms with Gasteiger partial charge in [-0.3, -0.25) is 0 Å². The number of nitrogens with one attached hydrogen (secondary N) is 1. The van der Waals surface area contributed by atoms with Crippen LogP contribution in [-0.2, 0) is 0 Å². The van der Waals surface area contributed by atoms with E-state index in [9.17, 15) is 0 Å². The van der Waals surface area contributed by atoms with E-state index in [1.807, 2.05) is 54.6 Å². The summed E-state index contributed by atoms with van der Waals surface area (Å²) < 4.78 is 0. The van der Waals surface area contributed by atoms with E-state index in [2.05, 4.69) is 22.2 Å². The zero-order valence-corrected chi connectivity index (χ0v) is 10.8. The summed E-state index contributed by atoms with van der Waals surface area (Å²) in [7, 11) is 0. The van der Waals surface area contributed by atoms with Crippen molar-refractivity contribution < 1.29 is 0 Å². The highest BCUT2D eigenvalue weighted by Gasteiger charge is 2.07. The molecule has 1 aromatic heterocycles. The van der Waals surface area contributed by atoms with Crippen molar-refractivity contribution in [2.24, 2.45) is 0 Å². The largest absolute Gasteiger partial charge is 0.370 e. The van der Waals surface area contributed by atoms with E-state index >= 15 is 0 Å². The molecule has 0 aliphatic carbocycles. The molecule has 0 fully saturated rings. The average molecular weight is 249 g/mol. The third-order valence-electron chi connectivity index (χ3n) is 2.98. The maximum absolute atomic E-state index is 4.64. The van der Waals surface area contributed by atoms with Crippen LogP contribution in [0.3, 0.4) is 0 Å². The second-order valence-corrected chi connectivity index (χ2v) is 4.31. The van der Waals surface area contributed by atoms with E-state index < -0.39 is 0 Å². The van der Waals surface area contributed by atoms with Crippen LogP contribution in [0.4, 0.5) is 5.82 Å². The third-order valence-corrected chi connectivity index (χ3v) is 2.98. The van der Waals surface area contributed by atoms with E-state index in [0.29, 0.717) is 0 Å². The van der Waals surface area contributed by atoms with E-state index in [0.717, 1.165) is 34.7 Å². The molecule has 19 heavy (non-hydrogen) atoms. The minimum Gasteiger partial charge on any atom is -0.370 e. The Morgan fingerprint density at radius 2 is 1.63 bits per heavy atom. The highest BCUT2D eigenvalue weighted by Crippen LogP contribution is 2.24. The second kappa shape index (κ2) is 5.06. The van der Waals surface area contributed by atoms with Gasteiger partial charge in [0.1, 0.15) is 5.82 Å². The molecule has 0 unspecified atom stereocenters. The van der Waals surface area contributed by atoms with Gasteiger partial charge in [0.2, 0.25) is 0 Å². The van der Waals surface area contributed by atoms with Gasteiger partial charge in [-0.05, 0) is 19.1 Å². The van der Waals surface area contributed by atoms with Crippen molar-refractivity contribution >= 4 is 16.7 Å². The van der Waals surface area contributed by atoms with Gasteiger partial charge >= 0.3 is 0 Å². The predicted octanol–water partition coefficient (Wildman–Crippen LogP) is 3.73. The molecule has 1 heterocycles. The molecule has 0 radical (unpaired) electrons. The first kappa shape index (κ1) is 11.7. The molecule has 0 saturated heterocycles. The Labute approximate surface area is 112 Å². The van der Waals surface area contributed by atoms with Gasteiger partial charge in [-0.15, -0.1) is 0 Å². The smallest absolute Gasteiger partial charge is 0.162 e. The van der Waals surface area contributed by atoms with Gasteiger partial charge in [0, 0.05) is 17.5 Å². The van der Waals surface area contributed by atoms with Crippen LogP contribution in [0.25, 0.3) is 22.3 Å². The maximum Gasteiger partial charge on any atom is 0.162 e. The fourth-order valence-electron chi connectivity index (χ4n) is 2.10. The first-order valence-corrected chi connectivity index (χ1v) is 6.44. The number of aromatic nitrogens is 2. The van der Waals surface area contributed by atoms with Crippen molar-refractivity contribution in [2.75, 3.05) is 11.9 Å². The van der Waals surface area contributed by atoms with E-state index in [1.165, 1.54) is 0 Å². The van der Waals surface area contributed by atoms with Gasteiger partial charge in [-0.2, -0.15) is 0 Å². The van der Waals surface area contributed by atoms with Crippen LogP contribution < -0.4 is 5.32 Å². The summed E-state index contributed by atoms with van der Waals surface area (Å²) in [5, 5.41) is 4.37. The molecule has 0 saturated carbocycles. The quantitative estimate of drug-likeness (QED) is 0.768. The molecule has 0 bridgehead atoms. The third kappa shape index (κ3) is 2.27. The van der Waals surface area contributed by atoms with E-state index in [4.69, 9.17) is 0 Å². The summed E-state index contributed by atoms with van der Waals surface area (Å²) in [4.78, 5) is 9.28. The first-order valence-electron chi connectivity index (χ1n) is 6.44. The van der Waals surface area contributed by atoms with Crippen molar-refractivity contribution in [1.29, 1.82) is 0 Å². The fraction of sp³-hybridized carbons (Fsp3) is 0.125. The molecule has 3 rings (SSSR count). The van der Waals surface area contributed by atoms with Gasteiger partial charge in [-0.25, -0.2) is 9.97 Å². The number of nitrogens with zero attached hydrogens (tertiary/aromatic N) is 2. The first-order chi connectivity index (χ1) is 9.38. The SMILES string of the molecule is CCNc1nc(-c2ccccc2)nc2ccccc12. The highest BCUT2D eigenvalue weighted by molar-refractivity contribution is 5.90. The summed E-state index contributed by atoms with van der Waals surface area (Å²) in [5.74, 6) is 1.65. The van der Waals surface area contributed by atoms with Crippen LogP contribution in [0.2, 0.25) is 0 Å². The van der Waals surface area contributed by atoms with Gasteiger partial charge < -0.3 is 5.32 Å². The number of hydrogen-bond acceptors (Lipinski definition) is 3. The lowest BCUT2D eigenvalue weighted by Gasteiger charge is -2.09. The molecular weight excluding hydrogens is 234 g/mol. The Morgan fingerprint density at radius 3 is 2.42 bits per heavy atom. The highest BCUT2D eigenvalue weighted by atomic mass is 15.0. The monoisotopic (exact) mass is 249 g/mol. The molecule has 0 amide bonds. The Bertz CT molecular complexity index is 693. The number of fused-ring (bicyclic) bond motifs is 1. The molecule has 0 aliphatic heterocycles. The molecule has 2 aromatic carbocycles. The Hall–Kier alpha value is -2.42. The number of rotatable bonds is 3. The van der Waals surface area contributed by atoms with Crippen molar-refractivity contribution in [2.45, 2.75) is 6.92 Å². The summed E-state index contributed by atoms with van der Waals surface area (Å²) in [6, 6.07) is 18.1. The van der Waals surface area contributed by atoms with Crippen molar-refractivity contribution in [3.05, 3.63) is 54.6 Å². The topological polar surface area (TPSA) is 37.8 Å². The zero-order valence-electron chi connectivity index (χ0n) is 10.8. The Kier molecular flexibility index (Phi) is 3.11.